The van der Waals surface area contributed by atoms with E-state index in [0.717, 1.165) is 19.4 Å². The molecule has 1 saturated heterocycles. The Labute approximate surface area is 108 Å². The molecular formula is C14H18ClNO. The fourth-order valence-electron chi connectivity index (χ4n) is 2.23. The first-order valence-corrected chi connectivity index (χ1v) is 6.57. The number of benzene rings is 1. The van der Waals surface area contributed by atoms with Crippen molar-refractivity contribution in [2.24, 2.45) is 0 Å². The maximum absolute atomic E-state index is 11.9. The molecule has 1 aliphatic heterocycles. The highest BCUT2D eigenvalue weighted by atomic mass is 35.5. The lowest BCUT2D eigenvalue weighted by atomic mass is 10.0. The second-order valence-corrected chi connectivity index (χ2v) is 5.27. The first-order valence-electron chi connectivity index (χ1n) is 6.13. The molecule has 1 aromatic rings. The van der Waals surface area contributed by atoms with Crippen LogP contribution >= 0.6 is 11.6 Å². The summed E-state index contributed by atoms with van der Waals surface area (Å²) in [5.41, 5.74) is 2.53. The molecule has 3 heteroatoms. The molecule has 17 heavy (non-hydrogen) atoms. The van der Waals surface area contributed by atoms with E-state index in [-0.39, 0.29) is 11.3 Å². The second-order valence-electron chi connectivity index (χ2n) is 4.65. The zero-order valence-electron chi connectivity index (χ0n) is 10.2. The van der Waals surface area contributed by atoms with Crippen LogP contribution in [-0.2, 0) is 11.2 Å². The first-order chi connectivity index (χ1) is 8.16. The predicted molar refractivity (Wildman–Crippen MR) is 70.3 cm³/mol. The lowest BCUT2D eigenvalue weighted by Gasteiger charge is -2.15. The molecule has 1 unspecified atom stereocenters. The third kappa shape index (κ3) is 3.22. The van der Waals surface area contributed by atoms with Gasteiger partial charge in [-0.25, -0.2) is 0 Å². The van der Waals surface area contributed by atoms with Crippen molar-refractivity contribution in [2.45, 2.75) is 31.6 Å². The van der Waals surface area contributed by atoms with Crippen LogP contribution in [0.4, 0.5) is 0 Å². The van der Waals surface area contributed by atoms with Crippen LogP contribution < -0.4 is 0 Å². The van der Waals surface area contributed by atoms with E-state index in [1.165, 1.54) is 11.1 Å². The van der Waals surface area contributed by atoms with Gasteiger partial charge < -0.3 is 4.90 Å². The van der Waals surface area contributed by atoms with Gasteiger partial charge in [-0.1, -0.05) is 24.3 Å². The number of halogens is 1. The zero-order chi connectivity index (χ0) is 12.3. The van der Waals surface area contributed by atoms with Crippen LogP contribution in [0.3, 0.4) is 0 Å². The molecule has 1 heterocycles. The number of alkyl halides is 1. The van der Waals surface area contributed by atoms with E-state index in [0.29, 0.717) is 13.0 Å². The monoisotopic (exact) mass is 251 g/mol. The summed E-state index contributed by atoms with van der Waals surface area (Å²) in [5.74, 6) is 0.233. The fraction of sp³-hybridized carbons (Fsp3) is 0.500. The molecule has 1 amide bonds. The van der Waals surface area contributed by atoms with Crippen molar-refractivity contribution in [3.05, 3.63) is 35.4 Å². The molecule has 1 aromatic carbocycles. The molecule has 0 spiro atoms. The summed E-state index contributed by atoms with van der Waals surface area (Å²) in [6.45, 7) is 3.62. The van der Waals surface area contributed by atoms with Crippen molar-refractivity contribution < 1.29 is 4.79 Å². The molecule has 0 aliphatic carbocycles. The largest absolute Gasteiger partial charge is 0.341 e. The van der Waals surface area contributed by atoms with Gasteiger partial charge in [0.15, 0.2) is 0 Å². The van der Waals surface area contributed by atoms with Crippen LogP contribution in [0, 0.1) is 6.92 Å². The second kappa shape index (κ2) is 5.54. The summed E-state index contributed by atoms with van der Waals surface area (Å²) in [4.78, 5) is 13.8. The number of likely N-dealkylation sites (tertiary alicyclic amines) is 1. The molecule has 0 N–H and O–H groups in total. The maximum Gasteiger partial charge on any atom is 0.222 e. The van der Waals surface area contributed by atoms with Gasteiger partial charge in [-0.15, -0.1) is 11.6 Å². The van der Waals surface area contributed by atoms with Gasteiger partial charge in [0.1, 0.15) is 0 Å². The topological polar surface area (TPSA) is 20.3 Å². The van der Waals surface area contributed by atoms with E-state index in [1.807, 2.05) is 17.0 Å². The molecule has 1 aliphatic rings. The summed E-state index contributed by atoms with van der Waals surface area (Å²) in [6, 6.07) is 8.23. The molecule has 1 fully saturated rings. The SMILES string of the molecule is Cc1ccccc1CCC(=O)N1CCC(Cl)C1. The van der Waals surface area contributed by atoms with Crippen molar-refractivity contribution in [3.8, 4) is 0 Å². The lowest BCUT2D eigenvalue weighted by Crippen LogP contribution is -2.29. The molecule has 0 aromatic heterocycles. The quantitative estimate of drug-likeness (QED) is 0.757. The number of carbonyl (C=O) groups is 1. The van der Waals surface area contributed by atoms with Gasteiger partial charge in [0.25, 0.3) is 0 Å². The zero-order valence-corrected chi connectivity index (χ0v) is 10.9. The third-order valence-corrected chi connectivity index (χ3v) is 3.71. The van der Waals surface area contributed by atoms with Gasteiger partial charge in [-0.3, -0.25) is 4.79 Å². The Kier molecular flexibility index (Phi) is 4.06. The van der Waals surface area contributed by atoms with Gasteiger partial charge >= 0.3 is 0 Å². The molecular weight excluding hydrogens is 234 g/mol. The van der Waals surface area contributed by atoms with E-state index in [1.54, 1.807) is 0 Å². The Bertz CT molecular complexity index is 405. The van der Waals surface area contributed by atoms with E-state index in [4.69, 9.17) is 11.6 Å². The van der Waals surface area contributed by atoms with Crippen molar-refractivity contribution in [2.75, 3.05) is 13.1 Å². The number of nitrogens with zero attached hydrogens (tertiary/aromatic N) is 1. The van der Waals surface area contributed by atoms with Crippen LogP contribution in [0.15, 0.2) is 24.3 Å². The van der Waals surface area contributed by atoms with E-state index in [9.17, 15) is 4.79 Å². The van der Waals surface area contributed by atoms with E-state index >= 15 is 0 Å². The Morgan fingerprint density at radius 1 is 1.47 bits per heavy atom. The fourth-order valence-corrected chi connectivity index (χ4v) is 2.50. The highest BCUT2D eigenvalue weighted by molar-refractivity contribution is 6.21. The van der Waals surface area contributed by atoms with Crippen LogP contribution in [0.25, 0.3) is 0 Å². The van der Waals surface area contributed by atoms with Crippen LogP contribution in [0.2, 0.25) is 0 Å². The van der Waals surface area contributed by atoms with Gasteiger partial charge in [0, 0.05) is 19.5 Å². The average molecular weight is 252 g/mol. The number of aryl methyl sites for hydroxylation is 2. The van der Waals surface area contributed by atoms with E-state index in [2.05, 4.69) is 19.1 Å². The van der Waals surface area contributed by atoms with Gasteiger partial charge in [-0.05, 0) is 30.9 Å². The van der Waals surface area contributed by atoms with Crippen LogP contribution in [0.1, 0.15) is 24.0 Å². The summed E-state index contributed by atoms with van der Waals surface area (Å²) in [7, 11) is 0. The van der Waals surface area contributed by atoms with Crippen LogP contribution in [-0.4, -0.2) is 29.3 Å². The minimum atomic E-state index is 0.150. The summed E-state index contributed by atoms with van der Waals surface area (Å²) < 4.78 is 0. The van der Waals surface area contributed by atoms with Crippen molar-refractivity contribution in [1.29, 1.82) is 0 Å². The van der Waals surface area contributed by atoms with Crippen molar-refractivity contribution in [1.82, 2.24) is 4.90 Å². The highest BCUT2D eigenvalue weighted by Crippen LogP contribution is 2.17. The number of carbonyl (C=O) groups excluding carboxylic acids is 1. The summed E-state index contributed by atoms with van der Waals surface area (Å²) >= 11 is 6.00. The van der Waals surface area contributed by atoms with Gasteiger partial charge in [0.2, 0.25) is 5.91 Å². The molecule has 1 atom stereocenters. The highest BCUT2D eigenvalue weighted by Gasteiger charge is 2.24. The first kappa shape index (κ1) is 12.4. The van der Waals surface area contributed by atoms with Gasteiger partial charge in [0.05, 0.1) is 5.38 Å². The Morgan fingerprint density at radius 3 is 2.88 bits per heavy atom. The standard InChI is InChI=1S/C14H18ClNO/c1-11-4-2-3-5-12(11)6-7-14(17)16-9-8-13(15)10-16/h2-5,13H,6-10H2,1H3. The number of hydrogen-bond donors (Lipinski definition) is 0. The number of rotatable bonds is 3. The van der Waals surface area contributed by atoms with Crippen molar-refractivity contribution in [3.63, 3.8) is 0 Å². The minimum absolute atomic E-state index is 0.150. The Morgan fingerprint density at radius 2 is 2.24 bits per heavy atom. The number of hydrogen-bond acceptors (Lipinski definition) is 1. The molecule has 2 nitrogen and oxygen atoms in total. The van der Waals surface area contributed by atoms with E-state index < -0.39 is 0 Å². The lowest BCUT2D eigenvalue weighted by molar-refractivity contribution is -0.130. The third-order valence-electron chi connectivity index (χ3n) is 3.35. The smallest absolute Gasteiger partial charge is 0.222 e. The number of amides is 1. The predicted octanol–water partition coefficient (Wildman–Crippen LogP) is 2.77. The molecule has 0 radical (unpaired) electrons. The molecule has 2 rings (SSSR count). The normalized spacial score (nSPS) is 19.6. The van der Waals surface area contributed by atoms with Gasteiger partial charge in [-0.2, -0.15) is 0 Å². The Hall–Kier alpha value is -1.02. The minimum Gasteiger partial charge on any atom is -0.341 e. The van der Waals surface area contributed by atoms with Crippen LogP contribution in [0.5, 0.6) is 0 Å². The van der Waals surface area contributed by atoms with Crippen molar-refractivity contribution >= 4 is 17.5 Å². The summed E-state index contributed by atoms with van der Waals surface area (Å²) in [5, 5.41) is 0.150. The molecule has 92 valence electrons. The molecule has 0 bridgehead atoms. The average Bonchev–Trinajstić information content (AvgIpc) is 2.74. The summed E-state index contributed by atoms with van der Waals surface area (Å²) in [6.07, 6.45) is 2.35. The Balaban J connectivity index is 1.86. The maximum atomic E-state index is 11.9. The molecule has 0 saturated carbocycles.